The van der Waals surface area contributed by atoms with Gasteiger partial charge in [0.2, 0.25) is 0 Å². The molecule has 0 saturated heterocycles. The molecule has 0 fully saturated rings. The molecule has 1 aliphatic heterocycles. The second kappa shape index (κ2) is 10.6. The topological polar surface area (TPSA) is 32.3 Å². The summed E-state index contributed by atoms with van der Waals surface area (Å²) < 4.78 is 38.9. The minimum atomic E-state index is -4.40. The molecule has 0 atom stereocenters. The molecule has 0 spiro atoms. The zero-order valence-electron chi connectivity index (χ0n) is 20.3. The van der Waals surface area contributed by atoms with Crippen LogP contribution in [-0.2, 0) is 25.6 Å². The van der Waals surface area contributed by atoms with Gasteiger partial charge in [0.25, 0.3) is 5.91 Å². The largest absolute Gasteiger partial charge is 0.416 e. The number of benzene rings is 4. The van der Waals surface area contributed by atoms with Crippen molar-refractivity contribution < 1.29 is 18.0 Å². The van der Waals surface area contributed by atoms with Crippen molar-refractivity contribution in [2.45, 2.75) is 25.6 Å². The van der Waals surface area contributed by atoms with Crippen molar-refractivity contribution in [2.75, 3.05) is 18.4 Å². The quantitative estimate of drug-likeness (QED) is 0.303. The van der Waals surface area contributed by atoms with Gasteiger partial charge in [-0.15, -0.1) is 0 Å². The second-order valence-electron chi connectivity index (χ2n) is 9.32. The first-order valence-electron chi connectivity index (χ1n) is 12.3. The Kier molecular flexibility index (Phi) is 7.10. The van der Waals surface area contributed by atoms with Gasteiger partial charge in [-0.2, -0.15) is 13.2 Å². The van der Waals surface area contributed by atoms with E-state index in [1.807, 2.05) is 18.2 Å². The number of rotatable bonds is 6. The Morgan fingerprint density at radius 3 is 2.32 bits per heavy atom. The number of carbonyl (C=O) groups is 1. The first-order valence-corrected chi connectivity index (χ1v) is 12.3. The van der Waals surface area contributed by atoms with Crippen molar-refractivity contribution in [3.05, 3.63) is 125 Å². The Bertz CT molecular complexity index is 1380. The Hall–Kier alpha value is -3.90. The van der Waals surface area contributed by atoms with Gasteiger partial charge in [-0.25, -0.2) is 0 Å². The van der Waals surface area contributed by atoms with Crippen molar-refractivity contribution in [2.24, 2.45) is 0 Å². The van der Waals surface area contributed by atoms with Gasteiger partial charge >= 0.3 is 6.18 Å². The van der Waals surface area contributed by atoms with E-state index in [1.165, 1.54) is 28.8 Å². The van der Waals surface area contributed by atoms with E-state index in [0.29, 0.717) is 22.4 Å². The van der Waals surface area contributed by atoms with E-state index in [4.69, 9.17) is 0 Å². The van der Waals surface area contributed by atoms with Gasteiger partial charge in [-0.1, -0.05) is 66.7 Å². The van der Waals surface area contributed by atoms with Gasteiger partial charge in [0, 0.05) is 30.9 Å². The lowest BCUT2D eigenvalue weighted by Gasteiger charge is -2.29. The standard InChI is InChI=1S/C31H27F3N2O/c32-31(33,34)26-13-10-23(11-14-26)28-8-4-5-9-29(28)30(37)35-27-15-12-25-21-36(19-17-24(25)20-27)18-16-22-6-2-1-3-7-22/h1-15,20H,16-19,21H2,(H,35,37). The summed E-state index contributed by atoms with van der Waals surface area (Å²) in [5.41, 5.74) is 5.37. The van der Waals surface area contributed by atoms with Crippen LogP contribution in [0.2, 0.25) is 0 Å². The third-order valence-electron chi connectivity index (χ3n) is 6.81. The molecular weight excluding hydrogens is 473 g/mol. The fraction of sp³-hybridized carbons (Fsp3) is 0.194. The van der Waals surface area contributed by atoms with Crippen LogP contribution in [0.5, 0.6) is 0 Å². The van der Waals surface area contributed by atoms with Crippen LogP contribution in [-0.4, -0.2) is 23.9 Å². The molecule has 0 radical (unpaired) electrons. The fourth-order valence-electron chi connectivity index (χ4n) is 4.78. The number of nitrogens with one attached hydrogen (secondary N) is 1. The number of halogens is 3. The minimum Gasteiger partial charge on any atom is -0.322 e. The number of hydrogen-bond acceptors (Lipinski definition) is 2. The molecule has 1 aliphatic rings. The summed E-state index contributed by atoms with van der Waals surface area (Å²) in [6.45, 7) is 2.85. The average molecular weight is 501 g/mol. The van der Waals surface area contributed by atoms with Crippen molar-refractivity contribution >= 4 is 11.6 Å². The molecular formula is C31H27F3N2O. The predicted molar refractivity (Wildman–Crippen MR) is 140 cm³/mol. The number of fused-ring (bicyclic) bond motifs is 1. The molecule has 4 aromatic rings. The van der Waals surface area contributed by atoms with Crippen molar-refractivity contribution in [3.8, 4) is 11.1 Å². The number of anilines is 1. The number of carbonyl (C=O) groups excluding carboxylic acids is 1. The van der Waals surface area contributed by atoms with Crippen LogP contribution in [0, 0.1) is 0 Å². The molecule has 1 N–H and O–H groups in total. The molecule has 6 heteroatoms. The summed E-state index contributed by atoms with van der Waals surface area (Å²) in [6.07, 6.45) is -2.47. The maximum Gasteiger partial charge on any atom is 0.416 e. The SMILES string of the molecule is O=C(Nc1ccc2c(c1)CCN(CCc1ccccc1)C2)c1ccccc1-c1ccc(C(F)(F)F)cc1. The Balaban J connectivity index is 1.27. The van der Waals surface area contributed by atoms with Crippen LogP contribution >= 0.6 is 0 Å². The predicted octanol–water partition coefficient (Wildman–Crippen LogP) is 7.23. The van der Waals surface area contributed by atoms with Gasteiger partial charge in [0.15, 0.2) is 0 Å². The normalized spacial score (nSPS) is 13.7. The van der Waals surface area contributed by atoms with Gasteiger partial charge in [0.1, 0.15) is 0 Å². The van der Waals surface area contributed by atoms with E-state index in [-0.39, 0.29) is 5.91 Å². The Morgan fingerprint density at radius 1 is 0.838 bits per heavy atom. The van der Waals surface area contributed by atoms with Crippen molar-refractivity contribution in [1.82, 2.24) is 4.90 Å². The van der Waals surface area contributed by atoms with E-state index in [2.05, 4.69) is 40.5 Å². The number of alkyl halides is 3. The molecule has 0 unspecified atom stereocenters. The molecule has 0 bridgehead atoms. The summed E-state index contributed by atoms with van der Waals surface area (Å²) in [7, 11) is 0. The van der Waals surface area contributed by atoms with Crippen LogP contribution in [0.15, 0.2) is 97.1 Å². The molecule has 1 amide bonds. The zero-order valence-corrected chi connectivity index (χ0v) is 20.3. The monoisotopic (exact) mass is 500 g/mol. The van der Waals surface area contributed by atoms with E-state index in [1.54, 1.807) is 24.3 Å². The molecule has 4 aromatic carbocycles. The average Bonchev–Trinajstić information content (AvgIpc) is 2.92. The number of nitrogens with zero attached hydrogens (tertiary/aromatic N) is 1. The summed E-state index contributed by atoms with van der Waals surface area (Å²) in [5, 5.41) is 2.98. The van der Waals surface area contributed by atoms with Gasteiger partial charge < -0.3 is 5.32 Å². The molecule has 0 saturated carbocycles. The highest BCUT2D eigenvalue weighted by Crippen LogP contribution is 2.32. The van der Waals surface area contributed by atoms with E-state index < -0.39 is 11.7 Å². The van der Waals surface area contributed by atoms with Crippen LogP contribution in [0.1, 0.15) is 32.6 Å². The van der Waals surface area contributed by atoms with Crippen LogP contribution in [0.3, 0.4) is 0 Å². The van der Waals surface area contributed by atoms with E-state index >= 15 is 0 Å². The summed E-state index contributed by atoms with van der Waals surface area (Å²) in [4.78, 5) is 15.6. The smallest absolute Gasteiger partial charge is 0.322 e. The van der Waals surface area contributed by atoms with Gasteiger partial charge in [-0.05, 0) is 71.0 Å². The molecule has 37 heavy (non-hydrogen) atoms. The van der Waals surface area contributed by atoms with Gasteiger partial charge in [0.05, 0.1) is 5.56 Å². The first kappa shape index (κ1) is 24.8. The minimum absolute atomic E-state index is 0.296. The molecule has 1 heterocycles. The zero-order chi connectivity index (χ0) is 25.8. The highest BCUT2D eigenvalue weighted by molar-refractivity contribution is 6.08. The lowest BCUT2D eigenvalue weighted by molar-refractivity contribution is -0.137. The van der Waals surface area contributed by atoms with Crippen LogP contribution in [0.4, 0.5) is 18.9 Å². The molecule has 0 aliphatic carbocycles. The third kappa shape index (κ3) is 5.92. The van der Waals surface area contributed by atoms with E-state index in [0.717, 1.165) is 44.6 Å². The first-order chi connectivity index (χ1) is 17.9. The summed E-state index contributed by atoms with van der Waals surface area (Å²) in [5.74, 6) is -0.296. The maximum atomic E-state index is 13.2. The van der Waals surface area contributed by atoms with E-state index in [9.17, 15) is 18.0 Å². The van der Waals surface area contributed by atoms with Crippen LogP contribution in [0.25, 0.3) is 11.1 Å². The highest BCUT2D eigenvalue weighted by Gasteiger charge is 2.30. The van der Waals surface area contributed by atoms with Gasteiger partial charge in [-0.3, -0.25) is 9.69 Å². The molecule has 5 rings (SSSR count). The van der Waals surface area contributed by atoms with Crippen LogP contribution < -0.4 is 5.32 Å². The fourth-order valence-corrected chi connectivity index (χ4v) is 4.78. The number of hydrogen-bond donors (Lipinski definition) is 1. The lowest BCUT2D eigenvalue weighted by Crippen LogP contribution is -2.32. The summed E-state index contributed by atoms with van der Waals surface area (Å²) in [6, 6.07) is 28.3. The second-order valence-corrected chi connectivity index (χ2v) is 9.32. The molecule has 188 valence electrons. The molecule has 3 nitrogen and oxygen atoms in total. The number of amides is 1. The highest BCUT2D eigenvalue weighted by atomic mass is 19.4. The van der Waals surface area contributed by atoms with Crippen molar-refractivity contribution in [3.63, 3.8) is 0 Å². The maximum absolute atomic E-state index is 13.2. The van der Waals surface area contributed by atoms with Crippen molar-refractivity contribution in [1.29, 1.82) is 0 Å². The molecule has 0 aromatic heterocycles. The summed E-state index contributed by atoms with van der Waals surface area (Å²) >= 11 is 0. The lowest BCUT2D eigenvalue weighted by atomic mass is 9.97. The Morgan fingerprint density at radius 2 is 1.57 bits per heavy atom. The Labute approximate surface area is 214 Å². The third-order valence-corrected chi connectivity index (χ3v) is 6.81.